The molecule has 2 aromatic rings. The highest BCUT2D eigenvalue weighted by Gasteiger charge is 1.99. The second-order valence-corrected chi connectivity index (χ2v) is 4.51. The van der Waals surface area contributed by atoms with E-state index in [1.165, 1.54) is 5.56 Å². The maximum atomic E-state index is 9.40. The molecule has 2 rings (SSSR count). The van der Waals surface area contributed by atoms with Gasteiger partial charge in [-0.05, 0) is 47.0 Å². The Labute approximate surface area is 99.1 Å². The molecule has 3 heteroatoms. The van der Waals surface area contributed by atoms with Gasteiger partial charge in [0.1, 0.15) is 11.5 Å². The predicted molar refractivity (Wildman–Crippen MR) is 66.4 cm³/mol. The Morgan fingerprint density at radius 1 is 1.31 bits per heavy atom. The number of phenolic OH excluding ortho intramolecular Hbond substituents is 1. The summed E-state index contributed by atoms with van der Waals surface area (Å²) in [6.45, 7) is 2.57. The number of hydrogen-bond acceptors (Lipinski definition) is 3. The predicted octanol–water partition coefficient (Wildman–Crippen LogP) is 3.38. The van der Waals surface area contributed by atoms with Gasteiger partial charge in [0, 0.05) is 12.5 Å². The van der Waals surface area contributed by atoms with E-state index >= 15 is 0 Å². The highest BCUT2D eigenvalue weighted by Crippen LogP contribution is 2.21. The first-order valence-corrected chi connectivity index (χ1v) is 6.13. The molecule has 0 aliphatic rings. The highest BCUT2D eigenvalue weighted by molar-refractivity contribution is 7.07. The number of aryl methyl sites for hydroxylation is 1. The van der Waals surface area contributed by atoms with Crippen molar-refractivity contribution in [2.24, 2.45) is 0 Å². The van der Waals surface area contributed by atoms with E-state index in [1.54, 1.807) is 23.5 Å². The highest BCUT2D eigenvalue weighted by atomic mass is 32.1. The lowest BCUT2D eigenvalue weighted by atomic mass is 10.2. The maximum Gasteiger partial charge on any atom is 0.123 e. The first kappa shape index (κ1) is 11.0. The van der Waals surface area contributed by atoms with Gasteiger partial charge in [-0.25, -0.2) is 0 Å². The van der Waals surface area contributed by atoms with Gasteiger partial charge in [-0.1, -0.05) is 0 Å². The molecule has 0 saturated carbocycles. The molecule has 0 atom stereocenters. The second kappa shape index (κ2) is 5.03. The van der Waals surface area contributed by atoms with Crippen LogP contribution in [-0.2, 0) is 6.42 Å². The lowest BCUT2D eigenvalue weighted by Gasteiger charge is -2.06. The molecule has 0 unspecified atom stereocenters. The van der Waals surface area contributed by atoms with Crippen molar-refractivity contribution in [2.75, 3.05) is 6.61 Å². The molecule has 0 aliphatic carbocycles. The molecule has 0 bridgehead atoms. The third kappa shape index (κ3) is 3.00. The quantitative estimate of drug-likeness (QED) is 0.878. The topological polar surface area (TPSA) is 29.5 Å². The van der Waals surface area contributed by atoms with Crippen LogP contribution < -0.4 is 4.74 Å². The summed E-state index contributed by atoms with van der Waals surface area (Å²) in [5.74, 6) is 0.985. The fourth-order valence-electron chi connectivity index (χ4n) is 1.53. The molecule has 1 heterocycles. The van der Waals surface area contributed by atoms with E-state index in [4.69, 9.17) is 4.74 Å². The van der Waals surface area contributed by atoms with Crippen molar-refractivity contribution in [3.05, 3.63) is 46.2 Å². The van der Waals surface area contributed by atoms with Crippen molar-refractivity contribution >= 4 is 11.3 Å². The summed E-state index contributed by atoms with van der Waals surface area (Å²) in [5.41, 5.74) is 2.30. The Morgan fingerprint density at radius 2 is 2.19 bits per heavy atom. The van der Waals surface area contributed by atoms with Crippen molar-refractivity contribution in [3.8, 4) is 11.5 Å². The number of hydrogen-bond donors (Lipinski definition) is 1. The molecule has 1 aromatic heterocycles. The minimum absolute atomic E-state index is 0.255. The third-order valence-electron chi connectivity index (χ3n) is 2.28. The van der Waals surface area contributed by atoms with Crippen LogP contribution >= 0.6 is 11.3 Å². The van der Waals surface area contributed by atoms with Crippen LogP contribution in [0.25, 0.3) is 0 Å². The summed E-state index contributed by atoms with van der Waals surface area (Å²) in [7, 11) is 0. The van der Waals surface area contributed by atoms with E-state index in [9.17, 15) is 5.11 Å². The zero-order chi connectivity index (χ0) is 11.4. The molecule has 0 amide bonds. The van der Waals surface area contributed by atoms with Gasteiger partial charge in [0.25, 0.3) is 0 Å². The van der Waals surface area contributed by atoms with E-state index in [2.05, 4.69) is 16.8 Å². The molecular formula is C13H14O2S. The molecule has 1 aromatic carbocycles. The first-order valence-electron chi connectivity index (χ1n) is 5.18. The normalized spacial score (nSPS) is 10.3. The van der Waals surface area contributed by atoms with Crippen LogP contribution in [0.15, 0.2) is 35.0 Å². The van der Waals surface area contributed by atoms with E-state index < -0.39 is 0 Å². The third-order valence-corrected chi connectivity index (χ3v) is 3.01. The summed E-state index contributed by atoms with van der Waals surface area (Å²) < 4.78 is 5.59. The molecule has 0 aliphatic heterocycles. The zero-order valence-corrected chi connectivity index (χ0v) is 9.96. The van der Waals surface area contributed by atoms with Crippen LogP contribution in [0.2, 0.25) is 0 Å². The minimum Gasteiger partial charge on any atom is -0.508 e. The van der Waals surface area contributed by atoms with Gasteiger partial charge < -0.3 is 9.84 Å². The van der Waals surface area contributed by atoms with Crippen LogP contribution in [0.3, 0.4) is 0 Å². The fraction of sp³-hybridized carbons (Fsp3) is 0.231. The van der Waals surface area contributed by atoms with Gasteiger partial charge in [0.05, 0.1) is 6.61 Å². The number of thiophene rings is 1. The molecule has 84 valence electrons. The van der Waals surface area contributed by atoms with Crippen molar-refractivity contribution in [1.29, 1.82) is 0 Å². The Hall–Kier alpha value is -1.48. The van der Waals surface area contributed by atoms with Gasteiger partial charge in [-0.2, -0.15) is 11.3 Å². The van der Waals surface area contributed by atoms with E-state index in [0.29, 0.717) is 6.61 Å². The first-order chi connectivity index (χ1) is 7.74. The molecule has 0 saturated heterocycles. The van der Waals surface area contributed by atoms with E-state index in [-0.39, 0.29) is 5.75 Å². The maximum absolute atomic E-state index is 9.40. The van der Waals surface area contributed by atoms with Gasteiger partial charge >= 0.3 is 0 Å². The smallest absolute Gasteiger partial charge is 0.123 e. The number of aromatic hydroxyl groups is 1. The Kier molecular flexibility index (Phi) is 3.47. The molecule has 0 fully saturated rings. The minimum atomic E-state index is 0.255. The van der Waals surface area contributed by atoms with Crippen LogP contribution in [0, 0.1) is 6.92 Å². The number of ether oxygens (including phenoxy) is 1. The van der Waals surface area contributed by atoms with Gasteiger partial charge in [-0.15, -0.1) is 0 Å². The summed E-state index contributed by atoms with van der Waals surface area (Å²) in [6, 6.07) is 7.38. The summed E-state index contributed by atoms with van der Waals surface area (Å²) in [4.78, 5) is 0. The molecule has 2 nitrogen and oxygen atoms in total. The summed E-state index contributed by atoms with van der Waals surface area (Å²) >= 11 is 1.70. The Morgan fingerprint density at radius 3 is 2.88 bits per heavy atom. The number of rotatable bonds is 4. The van der Waals surface area contributed by atoms with Crippen LogP contribution in [0.4, 0.5) is 0 Å². The van der Waals surface area contributed by atoms with Gasteiger partial charge in [0.2, 0.25) is 0 Å². The lowest BCUT2D eigenvalue weighted by Crippen LogP contribution is -2.00. The Bertz CT molecular complexity index is 429. The van der Waals surface area contributed by atoms with Crippen molar-refractivity contribution in [2.45, 2.75) is 13.3 Å². The average Bonchev–Trinajstić information content (AvgIpc) is 2.69. The largest absolute Gasteiger partial charge is 0.508 e. The fourth-order valence-corrected chi connectivity index (χ4v) is 2.24. The van der Waals surface area contributed by atoms with Crippen LogP contribution in [0.1, 0.15) is 11.1 Å². The lowest BCUT2D eigenvalue weighted by molar-refractivity contribution is 0.320. The Balaban J connectivity index is 1.89. The van der Waals surface area contributed by atoms with Crippen LogP contribution in [0.5, 0.6) is 11.5 Å². The molecular weight excluding hydrogens is 220 g/mol. The van der Waals surface area contributed by atoms with Crippen molar-refractivity contribution in [1.82, 2.24) is 0 Å². The molecule has 0 radical (unpaired) electrons. The monoisotopic (exact) mass is 234 g/mol. The van der Waals surface area contributed by atoms with Gasteiger partial charge in [0.15, 0.2) is 0 Å². The SMILES string of the molecule is Cc1cc(O)cc(OCCc2ccsc2)c1. The molecule has 16 heavy (non-hydrogen) atoms. The summed E-state index contributed by atoms with van der Waals surface area (Å²) in [5, 5.41) is 13.6. The van der Waals surface area contributed by atoms with Crippen molar-refractivity contribution < 1.29 is 9.84 Å². The second-order valence-electron chi connectivity index (χ2n) is 3.73. The average molecular weight is 234 g/mol. The molecule has 0 spiro atoms. The number of benzene rings is 1. The zero-order valence-electron chi connectivity index (χ0n) is 9.14. The van der Waals surface area contributed by atoms with E-state index in [0.717, 1.165) is 17.7 Å². The molecule has 1 N–H and O–H groups in total. The van der Waals surface area contributed by atoms with E-state index in [1.807, 2.05) is 13.0 Å². The van der Waals surface area contributed by atoms with Crippen LogP contribution in [-0.4, -0.2) is 11.7 Å². The van der Waals surface area contributed by atoms with Gasteiger partial charge in [-0.3, -0.25) is 0 Å². The number of phenols is 1. The standard InChI is InChI=1S/C13H14O2S/c1-10-6-12(14)8-13(7-10)15-4-2-11-3-5-16-9-11/h3,5-9,14H,2,4H2,1H3. The summed E-state index contributed by atoms with van der Waals surface area (Å²) in [6.07, 6.45) is 0.901. The van der Waals surface area contributed by atoms with Crippen molar-refractivity contribution in [3.63, 3.8) is 0 Å².